The van der Waals surface area contributed by atoms with E-state index < -0.39 is 5.91 Å². The average Bonchev–Trinajstić information content (AvgIpc) is 2.87. The van der Waals surface area contributed by atoms with Crippen LogP contribution >= 0.6 is 22.6 Å². The van der Waals surface area contributed by atoms with Gasteiger partial charge >= 0.3 is 0 Å². The molecule has 0 aliphatic carbocycles. The molecule has 0 saturated heterocycles. The van der Waals surface area contributed by atoms with Crippen molar-refractivity contribution in [2.45, 2.75) is 33.6 Å². The Kier molecular flexibility index (Phi) is 8.45. The molecule has 0 unspecified atom stereocenters. The summed E-state index contributed by atoms with van der Waals surface area (Å²) in [6.07, 6.45) is 1.61. The summed E-state index contributed by atoms with van der Waals surface area (Å²) in [7, 11) is 0. The molecule has 3 aromatic carbocycles. The van der Waals surface area contributed by atoms with Crippen molar-refractivity contribution in [3.8, 4) is 22.9 Å². The third-order valence-corrected chi connectivity index (χ3v) is 6.76. The van der Waals surface area contributed by atoms with E-state index in [1.165, 1.54) is 4.68 Å². The van der Waals surface area contributed by atoms with Gasteiger partial charge in [-0.2, -0.15) is 9.78 Å². The highest BCUT2D eigenvalue weighted by atomic mass is 127. The fraction of sp³-hybridized carbons (Fsp3) is 0.241. The zero-order valence-corrected chi connectivity index (χ0v) is 23.9. The predicted octanol–water partition coefficient (Wildman–Crippen LogP) is 5.24. The number of nitrogens with zero attached hydrogens (tertiary/aromatic N) is 3. The first-order valence-corrected chi connectivity index (χ1v) is 13.3. The number of ether oxygens (including phenoxy) is 2. The number of halogens is 1. The lowest BCUT2D eigenvalue weighted by Crippen LogP contribution is -2.21. The summed E-state index contributed by atoms with van der Waals surface area (Å²) in [5, 5.41) is 5.07. The van der Waals surface area contributed by atoms with Gasteiger partial charge in [-0.15, -0.1) is 0 Å². The molecule has 1 amide bonds. The minimum absolute atomic E-state index is 0.204. The normalized spacial score (nSPS) is 11.4. The van der Waals surface area contributed by atoms with Crippen LogP contribution in [0.4, 0.5) is 0 Å². The third kappa shape index (κ3) is 5.88. The molecule has 0 atom stereocenters. The quantitative estimate of drug-likeness (QED) is 0.202. The van der Waals surface area contributed by atoms with Crippen LogP contribution in [-0.4, -0.2) is 35.0 Å². The van der Waals surface area contributed by atoms with Crippen molar-refractivity contribution < 1.29 is 14.3 Å². The Morgan fingerprint density at radius 2 is 1.89 bits per heavy atom. The fourth-order valence-corrected chi connectivity index (χ4v) is 4.76. The van der Waals surface area contributed by atoms with E-state index in [4.69, 9.17) is 20.2 Å². The van der Waals surface area contributed by atoms with Crippen LogP contribution in [0.3, 0.4) is 0 Å². The number of aromatic nitrogens is 2. The van der Waals surface area contributed by atoms with Crippen LogP contribution in [0.1, 0.15) is 43.4 Å². The Labute approximate surface area is 234 Å². The summed E-state index contributed by atoms with van der Waals surface area (Å²) in [4.78, 5) is 29.5. The lowest BCUT2D eigenvalue weighted by molar-refractivity contribution is -0.119. The monoisotopic (exact) mass is 624 g/mol. The zero-order chi connectivity index (χ0) is 27.4. The second kappa shape index (κ2) is 11.8. The minimum Gasteiger partial charge on any atom is -0.494 e. The van der Waals surface area contributed by atoms with Gasteiger partial charge in [0.15, 0.2) is 12.4 Å². The van der Waals surface area contributed by atoms with Crippen LogP contribution in [0.25, 0.3) is 22.3 Å². The standard InChI is InChI=1S/C29H29IN4O4/c1-5-37-26-12-18(4)22(14-21(26)17(2)3)28-33-24-9-7-6-8-20(24)29(36)34(28)32-15-19-10-11-25(23(30)13-19)38-16-27(31)35/h6-15,17H,5,16H2,1-4H3,(H2,31,35). The Bertz CT molecular complexity index is 1590. The van der Waals surface area contributed by atoms with Gasteiger partial charge in [0.05, 0.1) is 27.3 Å². The lowest BCUT2D eigenvalue weighted by atomic mass is 9.96. The number of para-hydroxylation sites is 1. The number of fused-ring (bicyclic) bond motifs is 1. The largest absolute Gasteiger partial charge is 0.494 e. The zero-order valence-electron chi connectivity index (χ0n) is 21.7. The molecule has 38 heavy (non-hydrogen) atoms. The summed E-state index contributed by atoms with van der Waals surface area (Å²) < 4.78 is 13.4. The Morgan fingerprint density at radius 1 is 1.13 bits per heavy atom. The van der Waals surface area contributed by atoms with Crippen LogP contribution in [0.15, 0.2) is 64.5 Å². The van der Waals surface area contributed by atoms with Crippen molar-refractivity contribution in [3.05, 3.63) is 85.2 Å². The van der Waals surface area contributed by atoms with Crippen molar-refractivity contribution >= 4 is 45.6 Å². The number of primary amides is 1. The van der Waals surface area contributed by atoms with E-state index in [-0.39, 0.29) is 18.1 Å². The molecule has 4 aromatic rings. The summed E-state index contributed by atoms with van der Waals surface area (Å²) in [5.74, 6) is 1.47. The van der Waals surface area contributed by atoms with Gasteiger partial charge in [0.1, 0.15) is 11.5 Å². The van der Waals surface area contributed by atoms with Crippen molar-refractivity contribution in [2.75, 3.05) is 13.2 Å². The number of carbonyl (C=O) groups excluding carboxylic acids is 1. The molecule has 0 saturated carbocycles. The van der Waals surface area contributed by atoms with Crippen LogP contribution in [0.5, 0.6) is 11.5 Å². The third-order valence-electron chi connectivity index (χ3n) is 5.92. The number of rotatable bonds is 9. The Morgan fingerprint density at radius 3 is 2.58 bits per heavy atom. The number of aryl methyl sites for hydroxylation is 1. The highest BCUT2D eigenvalue weighted by Gasteiger charge is 2.18. The molecular weight excluding hydrogens is 595 g/mol. The van der Waals surface area contributed by atoms with Gasteiger partial charge in [-0.25, -0.2) is 4.98 Å². The number of hydrogen-bond donors (Lipinski definition) is 1. The molecule has 8 nitrogen and oxygen atoms in total. The van der Waals surface area contributed by atoms with Crippen LogP contribution < -0.4 is 20.8 Å². The van der Waals surface area contributed by atoms with E-state index in [1.54, 1.807) is 24.4 Å². The molecule has 9 heteroatoms. The van der Waals surface area contributed by atoms with Gasteiger partial charge in [0, 0.05) is 5.56 Å². The molecule has 0 radical (unpaired) electrons. The van der Waals surface area contributed by atoms with Crippen molar-refractivity contribution in [1.82, 2.24) is 9.66 Å². The summed E-state index contributed by atoms with van der Waals surface area (Å²) in [5.41, 5.74) is 9.02. The molecule has 0 spiro atoms. The lowest BCUT2D eigenvalue weighted by Gasteiger charge is -2.18. The second-order valence-electron chi connectivity index (χ2n) is 9.05. The van der Waals surface area contributed by atoms with Crippen LogP contribution in [0.2, 0.25) is 0 Å². The molecule has 1 aromatic heterocycles. The van der Waals surface area contributed by atoms with E-state index in [2.05, 4.69) is 41.5 Å². The number of benzene rings is 3. The van der Waals surface area contributed by atoms with Crippen LogP contribution in [0, 0.1) is 10.5 Å². The van der Waals surface area contributed by atoms with E-state index >= 15 is 0 Å². The highest BCUT2D eigenvalue weighted by Crippen LogP contribution is 2.34. The number of hydrogen-bond acceptors (Lipinski definition) is 6. The molecular formula is C29H29IN4O4. The van der Waals surface area contributed by atoms with E-state index in [9.17, 15) is 9.59 Å². The van der Waals surface area contributed by atoms with Gasteiger partial charge in [-0.3, -0.25) is 9.59 Å². The maximum Gasteiger partial charge on any atom is 0.282 e. The Hall–Kier alpha value is -3.73. The maximum atomic E-state index is 13.6. The fourth-order valence-electron chi connectivity index (χ4n) is 4.06. The number of nitrogens with two attached hydrogens (primary N) is 1. The molecule has 4 rings (SSSR count). The topological polar surface area (TPSA) is 109 Å². The van der Waals surface area contributed by atoms with Gasteiger partial charge in [-0.1, -0.05) is 26.0 Å². The van der Waals surface area contributed by atoms with Gasteiger partial charge < -0.3 is 15.2 Å². The molecule has 1 heterocycles. The van der Waals surface area contributed by atoms with E-state index in [1.807, 2.05) is 50.2 Å². The molecule has 0 fully saturated rings. The average molecular weight is 624 g/mol. The Balaban J connectivity index is 1.86. The molecule has 0 aliphatic rings. The molecule has 2 N–H and O–H groups in total. The van der Waals surface area contributed by atoms with E-state index in [0.717, 1.165) is 31.6 Å². The van der Waals surface area contributed by atoms with Gasteiger partial charge in [0.2, 0.25) is 0 Å². The second-order valence-corrected chi connectivity index (χ2v) is 10.2. The van der Waals surface area contributed by atoms with Crippen molar-refractivity contribution in [3.63, 3.8) is 0 Å². The smallest absolute Gasteiger partial charge is 0.282 e. The molecule has 196 valence electrons. The SMILES string of the molecule is CCOc1cc(C)c(-c2nc3ccccc3c(=O)n2N=Cc2ccc(OCC(N)=O)c(I)c2)cc1C(C)C. The minimum atomic E-state index is -0.549. The van der Waals surface area contributed by atoms with Gasteiger partial charge in [-0.05, 0) is 102 Å². The van der Waals surface area contributed by atoms with Crippen molar-refractivity contribution in [1.29, 1.82) is 0 Å². The first-order chi connectivity index (χ1) is 18.2. The van der Waals surface area contributed by atoms with E-state index in [0.29, 0.717) is 29.1 Å². The number of carbonyl (C=O) groups is 1. The first kappa shape index (κ1) is 27.3. The maximum absolute atomic E-state index is 13.6. The van der Waals surface area contributed by atoms with Gasteiger partial charge in [0.25, 0.3) is 11.5 Å². The first-order valence-electron chi connectivity index (χ1n) is 12.2. The van der Waals surface area contributed by atoms with Crippen LogP contribution in [-0.2, 0) is 4.79 Å². The summed E-state index contributed by atoms with van der Waals surface area (Å²) in [6.45, 7) is 8.51. The van der Waals surface area contributed by atoms with Crippen molar-refractivity contribution in [2.24, 2.45) is 10.8 Å². The highest BCUT2D eigenvalue weighted by molar-refractivity contribution is 14.1. The molecule has 0 bridgehead atoms. The summed E-state index contributed by atoms with van der Waals surface area (Å²) >= 11 is 2.11. The molecule has 0 aliphatic heterocycles. The summed E-state index contributed by atoms with van der Waals surface area (Å²) in [6, 6.07) is 16.7. The predicted molar refractivity (Wildman–Crippen MR) is 158 cm³/mol. The number of amides is 1.